The summed E-state index contributed by atoms with van der Waals surface area (Å²) in [7, 11) is 0. The van der Waals surface area contributed by atoms with Crippen LogP contribution < -0.4 is 11.1 Å². The van der Waals surface area contributed by atoms with Crippen LogP contribution in [0.4, 0.5) is 0 Å². The molecule has 0 aromatic carbocycles. The van der Waals surface area contributed by atoms with E-state index in [0.29, 0.717) is 6.42 Å². The largest absolute Gasteiger partial charge is 0.467 e. The molecule has 0 aliphatic carbocycles. The predicted octanol–water partition coefficient (Wildman–Crippen LogP) is 2.37. The fourth-order valence-corrected chi connectivity index (χ4v) is 1.71. The summed E-state index contributed by atoms with van der Waals surface area (Å²) in [6.07, 6.45) is 6.35. The Hall–Kier alpha value is -1.29. The number of carbonyl (C=O) groups is 1. The van der Waals surface area contributed by atoms with Crippen LogP contribution in [-0.2, 0) is 4.79 Å². The van der Waals surface area contributed by atoms with Crippen LogP contribution in [0.15, 0.2) is 22.8 Å². The van der Waals surface area contributed by atoms with Gasteiger partial charge in [0.05, 0.1) is 12.3 Å². The fourth-order valence-electron chi connectivity index (χ4n) is 1.71. The lowest BCUT2D eigenvalue weighted by atomic mass is 10.1. The first-order valence-electron chi connectivity index (χ1n) is 6.27. The predicted molar refractivity (Wildman–Crippen MR) is 67.4 cm³/mol. The van der Waals surface area contributed by atoms with Crippen molar-refractivity contribution in [2.75, 3.05) is 6.54 Å². The van der Waals surface area contributed by atoms with E-state index in [9.17, 15) is 4.79 Å². The fraction of sp³-hybridized carbons (Fsp3) is 0.615. The summed E-state index contributed by atoms with van der Waals surface area (Å²) in [5.74, 6) is 0.878. The number of rotatable bonds is 8. The van der Waals surface area contributed by atoms with E-state index in [4.69, 9.17) is 10.2 Å². The Labute approximate surface area is 103 Å². The van der Waals surface area contributed by atoms with E-state index in [1.165, 1.54) is 0 Å². The van der Waals surface area contributed by atoms with Crippen LogP contribution >= 0.6 is 0 Å². The van der Waals surface area contributed by atoms with Gasteiger partial charge in [-0.1, -0.05) is 12.8 Å². The van der Waals surface area contributed by atoms with Crippen LogP contribution in [0.1, 0.15) is 50.8 Å². The molecule has 1 heterocycles. The highest BCUT2D eigenvalue weighted by molar-refractivity contribution is 5.76. The van der Waals surface area contributed by atoms with Crippen molar-refractivity contribution in [2.24, 2.45) is 5.73 Å². The van der Waals surface area contributed by atoms with Gasteiger partial charge in [-0.2, -0.15) is 0 Å². The monoisotopic (exact) mass is 238 g/mol. The molecule has 4 heteroatoms. The van der Waals surface area contributed by atoms with Crippen molar-refractivity contribution < 1.29 is 9.21 Å². The number of hydrogen-bond donors (Lipinski definition) is 2. The van der Waals surface area contributed by atoms with E-state index in [1.54, 1.807) is 6.26 Å². The molecule has 0 unspecified atom stereocenters. The van der Waals surface area contributed by atoms with Crippen LogP contribution in [0, 0.1) is 0 Å². The third-order valence-electron chi connectivity index (χ3n) is 2.71. The van der Waals surface area contributed by atoms with Crippen LogP contribution in [0.3, 0.4) is 0 Å². The highest BCUT2D eigenvalue weighted by Crippen LogP contribution is 2.12. The van der Waals surface area contributed by atoms with E-state index in [1.807, 2.05) is 19.1 Å². The van der Waals surface area contributed by atoms with Crippen molar-refractivity contribution >= 4 is 5.91 Å². The van der Waals surface area contributed by atoms with Gasteiger partial charge in [-0.15, -0.1) is 0 Å². The molecule has 1 atom stereocenters. The van der Waals surface area contributed by atoms with Gasteiger partial charge in [-0.3, -0.25) is 4.79 Å². The van der Waals surface area contributed by atoms with Gasteiger partial charge < -0.3 is 15.5 Å². The minimum absolute atomic E-state index is 0.0541. The number of carbonyl (C=O) groups excluding carboxylic acids is 1. The summed E-state index contributed by atoms with van der Waals surface area (Å²) in [4.78, 5) is 11.6. The van der Waals surface area contributed by atoms with Crippen molar-refractivity contribution in [3.8, 4) is 0 Å². The van der Waals surface area contributed by atoms with Crippen molar-refractivity contribution in [1.82, 2.24) is 5.32 Å². The molecular formula is C13H22N2O2. The number of amides is 1. The molecule has 0 aliphatic rings. The van der Waals surface area contributed by atoms with E-state index in [-0.39, 0.29) is 11.9 Å². The topological polar surface area (TPSA) is 68.3 Å². The van der Waals surface area contributed by atoms with E-state index in [0.717, 1.165) is 38.0 Å². The van der Waals surface area contributed by atoms with Gasteiger partial charge in [0.2, 0.25) is 5.91 Å². The van der Waals surface area contributed by atoms with Crippen LogP contribution in [0.25, 0.3) is 0 Å². The molecular weight excluding hydrogens is 216 g/mol. The first kappa shape index (κ1) is 13.8. The molecule has 1 aromatic heterocycles. The zero-order chi connectivity index (χ0) is 12.5. The standard InChI is InChI=1S/C13H22N2O2/c1-11(12-7-6-10-17-12)15-13(16)8-4-2-3-5-9-14/h6-7,10-11H,2-5,8-9,14H2,1H3,(H,15,16)/t11-/m0/s1. The zero-order valence-electron chi connectivity index (χ0n) is 10.4. The van der Waals surface area contributed by atoms with Gasteiger partial charge >= 0.3 is 0 Å². The Kier molecular flexibility index (Phi) is 6.40. The van der Waals surface area contributed by atoms with Crippen LogP contribution in [-0.4, -0.2) is 12.5 Å². The summed E-state index contributed by atoms with van der Waals surface area (Å²) < 4.78 is 5.23. The summed E-state index contributed by atoms with van der Waals surface area (Å²) in [6.45, 7) is 2.66. The molecule has 0 fully saturated rings. The van der Waals surface area contributed by atoms with E-state index >= 15 is 0 Å². The summed E-state index contributed by atoms with van der Waals surface area (Å²) >= 11 is 0. The lowest BCUT2D eigenvalue weighted by Crippen LogP contribution is -2.25. The minimum atomic E-state index is -0.0541. The Morgan fingerprint density at radius 2 is 2.18 bits per heavy atom. The number of nitrogens with one attached hydrogen (secondary N) is 1. The van der Waals surface area contributed by atoms with Gasteiger partial charge in [0, 0.05) is 6.42 Å². The van der Waals surface area contributed by atoms with E-state index in [2.05, 4.69) is 5.32 Å². The molecule has 0 saturated carbocycles. The lowest BCUT2D eigenvalue weighted by Gasteiger charge is -2.11. The average Bonchev–Trinajstić information content (AvgIpc) is 2.82. The minimum Gasteiger partial charge on any atom is -0.467 e. The summed E-state index contributed by atoms with van der Waals surface area (Å²) in [5, 5.41) is 2.92. The molecule has 1 rings (SSSR count). The molecule has 0 bridgehead atoms. The van der Waals surface area contributed by atoms with Gasteiger partial charge in [0.15, 0.2) is 0 Å². The lowest BCUT2D eigenvalue weighted by molar-refractivity contribution is -0.122. The number of hydrogen-bond acceptors (Lipinski definition) is 3. The van der Waals surface area contributed by atoms with Gasteiger partial charge in [0.25, 0.3) is 0 Å². The normalized spacial score (nSPS) is 12.4. The summed E-state index contributed by atoms with van der Waals surface area (Å²) in [6, 6.07) is 3.64. The molecule has 1 aromatic rings. The second-order valence-electron chi connectivity index (χ2n) is 4.26. The molecule has 3 N–H and O–H groups in total. The van der Waals surface area contributed by atoms with Crippen molar-refractivity contribution in [3.05, 3.63) is 24.2 Å². The average molecular weight is 238 g/mol. The molecule has 0 aliphatic heterocycles. The van der Waals surface area contributed by atoms with Crippen LogP contribution in [0.5, 0.6) is 0 Å². The van der Waals surface area contributed by atoms with Crippen LogP contribution in [0.2, 0.25) is 0 Å². The second-order valence-corrected chi connectivity index (χ2v) is 4.26. The Bertz CT molecular complexity index is 309. The van der Waals surface area contributed by atoms with E-state index < -0.39 is 0 Å². The maximum atomic E-state index is 11.6. The summed E-state index contributed by atoms with van der Waals surface area (Å²) in [5.41, 5.74) is 5.40. The highest BCUT2D eigenvalue weighted by atomic mass is 16.3. The SMILES string of the molecule is C[C@H](NC(=O)CCCCCCN)c1ccco1. The maximum absolute atomic E-state index is 11.6. The molecule has 1 amide bonds. The van der Waals surface area contributed by atoms with Crippen molar-refractivity contribution in [3.63, 3.8) is 0 Å². The number of nitrogens with two attached hydrogens (primary N) is 1. The van der Waals surface area contributed by atoms with Gasteiger partial charge in [-0.05, 0) is 38.4 Å². The number of unbranched alkanes of at least 4 members (excludes halogenated alkanes) is 3. The third kappa shape index (κ3) is 5.54. The molecule has 4 nitrogen and oxygen atoms in total. The first-order chi connectivity index (χ1) is 8.24. The third-order valence-corrected chi connectivity index (χ3v) is 2.71. The smallest absolute Gasteiger partial charge is 0.220 e. The zero-order valence-corrected chi connectivity index (χ0v) is 10.4. The molecule has 96 valence electrons. The highest BCUT2D eigenvalue weighted by Gasteiger charge is 2.10. The second kappa shape index (κ2) is 7.90. The molecule has 17 heavy (non-hydrogen) atoms. The molecule has 0 saturated heterocycles. The quantitative estimate of drug-likeness (QED) is 0.683. The Morgan fingerprint density at radius 1 is 1.41 bits per heavy atom. The Morgan fingerprint density at radius 3 is 2.82 bits per heavy atom. The first-order valence-corrected chi connectivity index (χ1v) is 6.27. The van der Waals surface area contributed by atoms with Gasteiger partial charge in [-0.25, -0.2) is 0 Å². The molecule has 0 radical (unpaired) electrons. The van der Waals surface area contributed by atoms with Crippen molar-refractivity contribution in [1.29, 1.82) is 0 Å². The molecule has 0 spiro atoms. The van der Waals surface area contributed by atoms with Crippen molar-refractivity contribution in [2.45, 2.75) is 45.1 Å². The number of furan rings is 1. The van der Waals surface area contributed by atoms with Gasteiger partial charge in [0.1, 0.15) is 5.76 Å². The maximum Gasteiger partial charge on any atom is 0.220 e. The Balaban J connectivity index is 2.12.